The molecule has 1 aliphatic carbocycles. The number of pyridine rings is 1. The van der Waals surface area contributed by atoms with Gasteiger partial charge in [-0.2, -0.15) is 0 Å². The Balaban J connectivity index is 1.05. The highest BCUT2D eigenvalue weighted by Gasteiger charge is 2.29. The van der Waals surface area contributed by atoms with E-state index in [0.717, 1.165) is 16.9 Å². The van der Waals surface area contributed by atoms with E-state index in [1.54, 1.807) is 0 Å². The minimum Gasteiger partial charge on any atom is -0.309 e. The van der Waals surface area contributed by atoms with Crippen LogP contribution in [0.1, 0.15) is 22.6 Å². The van der Waals surface area contributed by atoms with E-state index in [9.17, 15) is 0 Å². The SMILES string of the molecule is c1ccc(-c2cc(-c3ccc(C4c5ccccc5-c5ccccc54)cc3)cc(-c3ccc(-n4c5ccccc5c5ccccc54)cc3)c2)nc1. The Morgan fingerprint density at radius 3 is 1.48 bits per heavy atom. The summed E-state index contributed by atoms with van der Waals surface area (Å²) in [5.74, 6) is 0.236. The second kappa shape index (κ2) is 11.6. The third kappa shape index (κ3) is 4.61. The summed E-state index contributed by atoms with van der Waals surface area (Å²) in [6.07, 6.45) is 1.87. The summed E-state index contributed by atoms with van der Waals surface area (Å²) < 4.78 is 2.37. The second-order valence-corrected chi connectivity index (χ2v) is 13.2. The van der Waals surface area contributed by atoms with Gasteiger partial charge < -0.3 is 4.57 Å². The van der Waals surface area contributed by atoms with Crippen LogP contribution in [0.3, 0.4) is 0 Å². The first-order valence-corrected chi connectivity index (χ1v) is 17.2. The number of para-hydroxylation sites is 2. The van der Waals surface area contributed by atoms with Crippen molar-refractivity contribution in [2.45, 2.75) is 5.92 Å². The average Bonchev–Trinajstić information content (AvgIpc) is 3.71. The molecule has 0 amide bonds. The minimum atomic E-state index is 0.236. The van der Waals surface area contributed by atoms with Crippen molar-refractivity contribution in [1.82, 2.24) is 9.55 Å². The Hall–Kier alpha value is -6.51. The van der Waals surface area contributed by atoms with E-state index in [1.165, 1.54) is 71.9 Å². The van der Waals surface area contributed by atoms with Gasteiger partial charge in [0.15, 0.2) is 0 Å². The molecule has 0 bridgehead atoms. The van der Waals surface area contributed by atoms with E-state index in [-0.39, 0.29) is 5.92 Å². The Labute approximate surface area is 291 Å². The van der Waals surface area contributed by atoms with Crippen molar-refractivity contribution in [2.75, 3.05) is 0 Å². The Morgan fingerprint density at radius 1 is 0.400 bits per heavy atom. The molecule has 7 aromatic carbocycles. The van der Waals surface area contributed by atoms with E-state index in [2.05, 4.69) is 180 Å². The highest BCUT2D eigenvalue weighted by molar-refractivity contribution is 6.09. The number of benzene rings is 7. The van der Waals surface area contributed by atoms with E-state index in [0.29, 0.717) is 0 Å². The van der Waals surface area contributed by atoms with Crippen molar-refractivity contribution in [1.29, 1.82) is 0 Å². The standard InChI is InChI=1S/C48H32N2/c1-3-15-43-39(11-1)40-12-2-4-16-44(40)48(43)34-22-20-32(21-23-34)35-29-36(31-37(30-35)45-17-9-10-28-49-45)33-24-26-38(27-25-33)50-46-18-7-5-13-41(46)42-14-6-8-19-47(42)50/h1-31,48H. The van der Waals surface area contributed by atoms with Crippen molar-refractivity contribution in [2.24, 2.45) is 0 Å². The number of hydrogen-bond acceptors (Lipinski definition) is 1. The summed E-state index contributed by atoms with van der Waals surface area (Å²) in [7, 11) is 0. The lowest BCUT2D eigenvalue weighted by atomic mass is 9.88. The van der Waals surface area contributed by atoms with E-state index >= 15 is 0 Å². The maximum absolute atomic E-state index is 4.73. The normalized spacial score (nSPS) is 12.3. The quantitative estimate of drug-likeness (QED) is 0.184. The zero-order valence-corrected chi connectivity index (χ0v) is 27.4. The van der Waals surface area contributed by atoms with Gasteiger partial charge >= 0.3 is 0 Å². The van der Waals surface area contributed by atoms with Crippen molar-refractivity contribution in [3.8, 4) is 50.3 Å². The van der Waals surface area contributed by atoms with Gasteiger partial charge in [-0.25, -0.2) is 0 Å². The van der Waals surface area contributed by atoms with Crippen molar-refractivity contribution in [3.63, 3.8) is 0 Å². The molecule has 0 spiro atoms. The Morgan fingerprint density at radius 2 is 0.900 bits per heavy atom. The fourth-order valence-corrected chi connectivity index (χ4v) is 8.03. The van der Waals surface area contributed by atoms with Crippen LogP contribution in [0.25, 0.3) is 72.1 Å². The molecule has 2 heteroatoms. The molecule has 0 atom stereocenters. The lowest BCUT2D eigenvalue weighted by Crippen LogP contribution is -1.99. The van der Waals surface area contributed by atoms with Gasteiger partial charge in [-0.05, 0) is 105 Å². The van der Waals surface area contributed by atoms with E-state index in [1.807, 2.05) is 12.3 Å². The number of aromatic nitrogens is 2. The van der Waals surface area contributed by atoms with Crippen LogP contribution in [-0.2, 0) is 0 Å². The molecule has 0 radical (unpaired) electrons. The molecule has 0 saturated carbocycles. The van der Waals surface area contributed by atoms with Crippen LogP contribution in [0.15, 0.2) is 188 Å². The van der Waals surface area contributed by atoms with Gasteiger partial charge in [-0.3, -0.25) is 4.98 Å². The minimum absolute atomic E-state index is 0.236. The van der Waals surface area contributed by atoms with Crippen molar-refractivity contribution < 1.29 is 0 Å². The zero-order valence-electron chi connectivity index (χ0n) is 27.4. The number of hydrogen-bond donors (Lipinski definition) is 0. The molecule has 0 unspecified atom stereocenters. The van der Waals surface area contributed by atoms with Gasteiger partial charge in [-0.1, -0.05) is 127 Å². The summed E-state index contributed by atoms with van der Waals surface area (Å²) in [5, 5.41) is 2.54. The molecule has 10 rings (SSSR count). The van der Waals surface area contributed by atoms with Gasteiger partial charge in [0, 0.05) is 34.1 Å². The first-order valence-electron chi connectivity index (χ1n) is 17.2. The molecule has 0 fully saturated rings. The van der Waals surface area contributed by atoms with E-state index < -0.39 is 0 Å². The lowest BCUT2D eigenvalue weighted by molar-refractivity contribution is 1.02. The molecule has 0 aliphatic heterocycles. The number of fused-ring (bicyclic) bond motifs is 6. The van der Waals surface area contributed by atoms with Crippen LogP contribution in [0.4, 0.5) is 0 Å². The molecular formula is C48H32N2. The monoisotopic (exact) mass is 636 g/mol. The van der Waals surface area contributed by atoms with E-state index in [4.69, 9.17) is 4.98 Å². The molecule has 0 N–H and O–H groups in total. The van der Waals surface area contributed by atoms with Crippen molar-refractivity contribution >= 4 is 21.8 Å². The van der Waals surface area contributed by atoms with Crippen LogP contribution < -0.4 is 0 Å². The average molecular weight is 637 g/mol. The summed E-state index contributed by atoms with van der Waals surface area (Å²) in [4.78, 5) is 4.73. The number of rotatable bonds is 5. The largest absolute Gasteiger partial charge is 0.309 e. The molecule has 0 saturated heterocycles. The predicted molar refractivity (Wildman–Crippen MR) is 208 cm³/mol. The van der Waals surface area contributed by atoms with Crippen molar-refractivity contribution in [3.05, 3.63) is 205 Å². The molecular weight excluding hydrogens is 605 g/mol. The Kier molecular flexibility index (Phi) is 6.60. The van der Waals surface area contributed by atoms with Gasteiger partial charge in [0.2, 0.25) is 0 Å². The highest BCUT2D eigenvalue weighted by Crippen LogP contribution is 2.48. The fraction of sp³-hybridized carbons (Fsp3) is 0.0208. The summed E-state index contributed by atoms with van der Waals surface area (Å²) in [6, 6.07) is 66.1. The maximum atomic E-state index is 4.73. The highest BCUT2D eigenvalue weighted by atomic mass is 15.0. The Bertz CT molecular complexity index is 2580. The summed E-state index contributed by atoms with van der Waals surface area (Å²) >= 11 is 0. The molecule has 50 heavy (non-hydrogen) atoms. The molecule has 9 aromatic rings. The van der Waals surface area contributed by atoms with Gasteiger partial charge in [0.1, 0.15) is 0 Å². The predicted octanol–water partition coefficient (Wildman–Crippen LogP) is 12.3. The summed E-state index contributed by atoms with van der Waals surface area (Å²) in [6.45, 7) is 0. The third-order valence-corrected chi connectivity index (χ3v) is 10.3. The van der Waals surface area contributed by atoms with Gasteiger partial charge in [-0.15, -0.1) is 0 Å². The fourth-order valence-electron chi connectivity index (χ4n) is 8.03. The molecule has 1 aliphatic rings. The topological polar surface area (TPSA) is 17.8 Å². The van der Waals surface area contributed by atoms with Crippen LogP contribution in [0.5, 0.6) is 0 Å². The summed E-state index contributed by atoms with van der Waals surface area (Å²) in [5.41, 5.74) is 17.1. The zero-order chi connectivity index (χ0) is 33.0. The first kappa shape index (κ1) is 28.5. The molecule has 2 heterocycles. The van der Waals surface area contributed by atoms with Crippen LogP contribution in [-0.4, -0.2) is 9.55 Å². The number of nitrogens with zero attached hydrogens (tertiary/aromatic N) is 2. The smallest absolute Gasteiger partial charge is 0.0702 e. The molecule has 2 nitrogen and oxygen atoms in total. The van der Waals surface area contributed by atoms with Gasteiger partial charge in [0.05, 0.1) is 16.7 Å². The van der Waals surface area contributed by atoms with Crippen LogP contribution in [0.2, 0.25) is 0 Å². The van der Waals surface area contributed by atoms with Crippen LogP contribution >= 0.6 is 0 Å². The maximum Gasteiger partial charge on any atom is 0.0702 e. The molecule has 2 aromatic heterocycles. The third-order valence-electron chi connectivity index (χ3n) is 10.3. The molecule has 234 valence electrons. The van der Waals surface area contributed by atoms with Crippen LogP contribution in [0, 0.1) is 0 Å². The lowest BCUT2D eigenvalue weighted by Gasteiger charge is -2.16. The van der Waals surface area contributed by atoms with Gasteiger partial charge in [0.25, 0.3) is 0 Å². The first-order chi connectivity index (χ1) is 24.8. The second-order valence-electron chi connectivity index (χ2n) is 13.2.